The molecule has 4 nitrogen and oxygen atoms in total. The van der Waals surface area contributed by atoms with Crippen LogP contribution in [0.4, 0.5) is 0 Å². The van der Waals surface area contributed by atoms with Gasteiger partial charge >= 0.3 is 0 Å². The predicted molar refractivity (Wildman–Crippen MR) is 70.8 cm³/mol. The molecule has 3 rings (SSSR count). The highest BCUT2D eigenvalue weighted by atomic mass is 16.5. The molecule has 3 aliphatic rings. The summed E-state index contributed by atoms with van der Waals surface area (Å²) in [4.78, 5) is 2.51. The van der Waals surface area contributed by atoms with E-state index >= 15 is 0 Å². The lowest BCUT2D eigenvalue weighted by Crippen LogP contribution is -2.35. The molecule has 2 unspecified atom stereocenters. The Hall–Kier alpha value is -0.160. The van der Waals surface area contributed by atoms with Crippen molar-refractivity contribution in [1.82, 2.24) is 10.2 Å². The van der Waals surface area contributed by atoms with Crippen LogP contribution < -0.4 is 5.32 Å². The van der Waals surface area contributed by atoms with Crippen LogP contribution in [0.5, 0.6) is 0 Å². The maximum absolute atomic E-state index is 6.14. The second-order valence-electron chi connectivity index (χ2n) is 5.91. The van der Waals surface area contributed by atoms with E-state index in [4.69, 9.17) is 9.47 Å². The van der Waals surface area contributed by atoms with Crippen molar-refractivity contribution in [2.24, 2.45) is 0 Å². The van der Waals surface area contributed by atoms with E-state index < -0.39 is 0 Å². The van der Waals surface area contributed by atoms with Gasteiger partial charge in [0.05, 0.1) is 18.8 Å². The first-order chi connectivity index (χ1) is 8.90. The van der Waals surface area contributed by atoms with E-state index in [1.807, 2.05) is 0 Å². The third-order valence-electron chi connectivity index (χ3n) is 4.18. The van der Waals surface area contributed by atoms with Gasteiger partial charge < -0.3 is 14.8 Å². The lowest BCUT2D eigenvalue weighted by atomic mass is 10.2. The second kappa shape index (κ2) is 6.33. The smallest absolute Gasteiger partial charge is 0.0707 e. The molecule has 0 radical (unpaired) electrons. The maximum atomic E-state index is 6.14. The Bertz CT molecular complexity index is 250. The van der Waals surface area contributed by atoms with Crippen LogP contribution in [0.15, 0.2) is 0 Å². The van der Waals surface area contributed by atoms with E-state index in [9.17, 15) is 0 Å². The summed E-state index contributed by atoms with van der Waals surface area (Å²) >= 11 is 0. The summed E-state index contributed by atoms with van der Waals surface area (Å²) in [6, 6.07) is 0.801. The van der Waals surface area contributed by atoms with Crippen molar-refractivity contribution in [3.8, 4) is 0 Å². The van der Waals surface area contributed by atoms with Crippen LogP contribution in [0.25, 0.3) is 0 Å². The number of hydrogen-bond donors (Lipinski definition) is 1. The van der Waals surface area contributed by atoms with Crippen LogP contribution in [-0.2, 0) is 9.47 Å². The molecule has 0 amide bonds. The van der Waals surface area contributed by atoms with E-state index in [0.717, 1.165) is 38.9 Å². The molecule has 4 heteroatoms. The minimum absolute atomic E-state index is 0.453. The molecule has 18 heavy (non-hydrogen) atoms. The Morgan fingerprint density at radius 3 is 2.78 bits per heavy atom. The first kappa shape index (κ1) is 12.9. The Labute approximate surface area is 110 Å². The summed E-state index contributed by atoms with van der Waals surface area (Å²) in [5.74, 6) is 0. The van der Waals surface area contributed by atoms with Gasteiger partial charge in [0.15, 0.2) is 0 Å². The van der Waals surface area contributed by atoms with Crippen molar-refractivity contribution in [2.45, 2.75) is 50.4 Å². The minimum atomic E-state index is 0.453. The van der Waals surface area contributed by atoms with Gasteiger partial charge in [0, 0.05) is 38.8 Å². The Morgan fingerprint density at radius 2 is 1.89 bits per heavy atom. The summed E-state index contributed by atoms with van der Waals surface area (Å²) in [5.41, 5.74) is 0. The van der Waals surface area contributed by atoms with Crippen LogP contribution in [-0.4, -0.2) is 62.5 Å². The highest BCUT2D eigenvalue weighted by Crippen LogP contribution is 2.23. The standard InChI is InChI=1S/C14H26N2O2/c1-6-16(7-9-17-8-1)11-14-5-4-13(18-14)10-15-12-2-3-12/h12-15H,1-11H2. The molecule has 104 valence electrons. The number of nitrogens with one attached hydrogen (secondary N) is 1. The van der Waals surface area contributed by atoms with Crippen molar-refractivity contribution in [3.63, 3.8) is 0 Å². The van der Waals surface area contributed by atoms with Gasteiger partial charge in [-0.2, -0.15) is 0 Å². The number of nitrogens with zero attached hydrogens (tertiary/aromatic N) is 1. The molecule has 3 fully saturated rings. The molecule has 2 heterocycles. The molecule has 1 N–H and O–H groups in total. The van der Waals surface area contributed by atoms with Crippen molar-refractivity contribution in [1.29, 1.82) is 0 Å². The Kier molecular flexibility index (Phi) is 4.52. The Morgan fingerprint density at radius 1 is 1.00 bits per heavy atom. The van der Waals surface area contributed by atoms with Gasteiger partial charge in [-0.05, 0) is 32.1 Å². The molecule has 0 spiro atoms. The zero-order chi connectivity index (χ0) is 12.2. The molecule has 1 aliphatic carbocycles. The van der Waals surface area contributed by atoms with Crippen molar-refractivity contribution in [3.05, 3.63) is 0 Å². The van der Waals surface area contributed by atoms with E-state index in [1.165, 1.54) is 38.6 Å². The van der Waals surface area contributed by atoms with E-state index in [-0.39, 0.29) is 0 Å². The molecule has 0 bridgehead atoms. The van der Waals surface area contributed by atoms with Gasteiger partial charge in [0.1, 0.15) is 0 Å². The minimum Gasteiger partial charge on any atom is -0.380 e. The summed E-state index contributed by atoms with van der Waals surface area (Å²) in [5, 5.41) is 3.57. The lowest BCUT2D eigenvalue weighted by molar-refractivity contribution is 0.0227. The average molecular weight is 254 g/mol. The maximum Gasteiger partial charge on any atom is 0.0707 e. The van der Waals surface area contributed by atoms with Crippen LogP contribution in [0, 0.1) is 0 Å². The van der Waals surface area contributed by atoms with Gasteiger partial charge in [-0.1, -0.05) is 0 Å². The largest absolute Gasteiger partial charge is 0.380 e. The summed E-state index contributed by atoms with van der Waals surface area (Å²) in [6.07, 6.45) is 7.27. The number of ether oxygens (including phenoxy) is 2. The zero-order valence-electron chi connectivity index (χ0n) is 11.3. The Balaban J connectivity index is 1.35. The highest BCUT2D eigenvalue weighted by Gasteiger charge is 2.29. The normalized spacial score (nSPS) is 34.7. The van der Waals surface area contributed by atoms with Gasteiger partial charge in [0.25, 0.3) is 0 Å². The average Bonchev–Trinajstić information content (AvgIpc) is 3.14. The number of hydrogen-bond acceptors (Lipinski definition) is 4. The molecule has 1 saturated carbocycles. The first-order valence-electron chi connectivity index (χ1n) is 7.59. The van der Waals surface area contributed by atoms with Crippen LogP contribution in [0.2, 0.25) is 0 Å². The lowest BCUT2D eigenvalue weighted by Gasteiger charge is -2.23. The topological polar surface area (TPSA) is 33.7 Å². The number of rotatable bonds is 5. The van der Waals surface area contributed by atoms with Gasteiger partial charge in [-0.15, -0.1) is 0 Å². The first-order valence-corrected chi connectivity index (χ1v) is 7.59. The fraction of sp³-hybridized carbons (Fsp3) is 1.00. The molecule has 2 saturated heterocycles. The third-order valence-corrected chi connectivity index (χ3v) is 4.18. The molecular formula is C14H26N2O2. The molecule has 2 atom stereocenters. The van der Waals surface area contributed by atoms with Gasteiger partial charge in [-0.25, -0.2) is 0 Å². The fourth-order valence-electron chi connectivity index (χ4n) is 2.92. The molecule has 2 aliphatic heterocycles. The van der Waals surface area contributed by atoms with Gasteiger partial charge in [-0.3, -0.25) is 4.90 Å². The van der Waals surface area contributed by atoms with Crippen LogP contribution in [0.3, 0.4) is 0 Å². The molecule has 0 aromatic carbocycles. The zero-order valence-corrected chi connectivity index (χ0v) is 11.3. The van der Waals surface area contributed by atoms with Crippen LogP contribution >= 0.6 is 0 Å². The summed E-state index contributed by atoms with van der Waals surface area (Å²) in [7, 11) is 0. The SMILES string of the molecule is C1COCCN(CC2CCC(CNC3CC3)O2)C1. The van der Waals surface area contributed by atoms with Crippen molar-refractivity contribution >= 4 is 0 Å². The van der Waals surface area contributed by atoms with Crippen molar-refractivity contribution in [2.75, 3.05) is 39.4 Å². The van der Waals surface area contributed by atoms with Gasteiger partial charge in [0.2, 0.25) is 0 Å². The van der Waals surface area contributed by atoms with E-state index in [0.29, 0.717) is 12.2 Å². The van der Waals surface area contributed by atoms with E-state index in [1.54, 1.807) is 0 Å². The third kappa shape index (κ3) is 3.92. The summed E-state index contributed by atoms with van der Waals surface area (Å²) < 4.78 is 11.6. The monoisotopic (exact) mass is 254 g/mol. The second-order valence-corrected chi connectivity index (χ2v) is 5.91. The summed E-state index contributed by atoms with van der Waals surface area (Å²) in [6.45, 7) is 6.22. The molecule has 0 aromatic rings. The fourth-order valence-corrected chi connectivity index (χ4v) is 2.92. The van der Waals surface area contributed by atoms with E-state index in [2.05, 4.69) is 10.2 Å². The molecule has 0 aromatic heterocycles. The quantitative estimate of drug-likeness (QED) is 0.794. The highest BCUT2D eigenvalue weighted by molar-refractivity contribution is 4.84. The molecular weight excluding hydrogens is 228 g/mol. The predicted octanol–water partition coefficient (Wildman–Crippen LogP) is 1.01. The van der Waals surface area contributed by atoms with Crippen molar-refractivity contribution < 1.29 is 9.47 Å². The van der Waals surface area contributed by atoms with Crippen LogP contribution in [0.1, 0.15) is 32.1 Å².